The fourth-order valence-corrected chi connectivity index (χ4v) is 1.22. The van der Waals surface area contributed by atoms with Crippen LogP contribution in [0.3, 0.4) is 0 Å². The van der Waals surface area contributed by atoms with Gasteiger partial charge in [0.25, 0.3) is 0 Å². The molecule has 0 saturated carbocycles. The lowest BCUT2D eigenvalue weighted by Crippen LogP contribution is -2.30. The van der Waals surface area contributed by atoms with Gasteiger partial charge in [0.05, 0.1) is 0 Å². The Balaban J connectivity index is 2.74. The van der Waals surface area contributed by atoms with Gasteiger partial charge in [-0.05, 0) is 24.3 Å². The van der Waals surface area contributed by atoms with Gasteiger partial charge in [0.2, 0.25) is 5.91 Å². The van der Waals surface area contributed by atoms with E-state index in [1.54, 1.807) is 0 Å². The highest BCUT2D eigenvalue weighted by atomic mass is 35.5. The first-order valence-electron chi connectivity index (χ1n) is 4.38. The number of anilines is 1. The van der Waals surface area contributed by atoms with Crippen molar-refractivity contribution in [1.82, 2.24) is 0 Å². The first-order chi connectivity index (χ1) is 7.29. The molecule has 6 heteroatoms. The van der Waals surface area contributed by atoms with Crippen LogP contribution < -0.4 is 4.90 Å². The van der Waals surface area contributed by atoms with Crippen molar-refractivity contribution in [2.75, 3.05) is 11.9 Å². The molecule has 0 heterocycles. The maximum absolute atomic E-state index is 12.0. The Hall–Kier alpha value is -1.23. The smallest absolute Gasteiger partial charge is 0.315 e. The Morgan fingerprint density at radius 2 is 1.81 bits per heavy atom. The predicted molar refractivity (Wildman–Crippen MR) is 55.5 cm³/mol. The molecule has 0 radical (unpaired) electrons. The summed E-state index contributed by atoms with van der Waals surface area (Å²) in [5.41, 5.74) is 0.374. The Morgan fingerprint density at radius 3 is 2.25 bits per heavy atom. The lowest BCUT2D eigenvalue weighted by Gasteiger charge is -2.18. The highest BCUT2D eigenvalue weighted by Gasteiger charge is 2.32. The lowest BCUT2D eigenvalue weighted by atomic mass is 10.2. The van der Waals surface area contributed by atoms with E-state index in [2.05, 4.69) is 0 Å². The van der Waals surface area contributed by atoms with Crippen molar-refractivity contribution >= 4 is 23.2 Å². The Kier molecular flexibility index (Phi) is 3.80. The number of hydrogen-bond donors (Lipinski definition) is 0. The summed E-state index contributed by atoms with van der Waals surface area (Å²) >= 11 is 5.62. The Labute approximate surface area is 95.6 Å². The number of halogens is 4. The molecule has 0 aromatic heterocycles. The average Bonchev–Trinajstić information content (AvgIpc) is 2.15. The number of carbonyl (C=O) groups excluding carboxylic acids is 1. The van der Waals surface area contributed by atoms with Crippen LogP contribution in [0.4, 0.5) is 18.9 Å². The molecule has 88 valence electrons. The maximum atomic E-state index is 12.0. The van der Waals surface area contributed by atoms with Crippen LogP contribution >= 0.6 is 11.6 Å². The highest BCUT2D eigenvalue weighted by molar-refractivity contribution is 6.30. The Bertz CT molecular complexity index is 375. The van der Waals surface area contributed by atoms with Gasteiger partial charge >= 0.3 is 6.18 Å². The molecule has 0 bridgehead atoms. The normalized spacial score (nSPS) is 11.3. The molecule has 0 spiro atoms. The molecule has 1 aromatic carbocycles. The van der Waals surface area contributed by atoms with Crippen LogP contribution in [0.5, 0.6) is 0 Å². The van der Waals surface area contributed by atoms with Gasteiger partial charge in [0, 0.05) is 17.8 Å². The van der Waals surface area contributed by atoms with Crippen molar-refractivity contribution < 1.29 is 18.0 Å². The van der Waals surface area contributed by atoms with Crippen molar-refractivity contribution in [3.63, 3.8) is 0 Å². The largest absolute Gasteiger partial charge is 0.397 e. The van der Waals surface area contributed by atoms with Crippen molar-refractivity contribution in [3.8, 4) is 0 Å². The summed E-state index contributed by atoms with van der Waals surface area (Å²) in [5.74, 6) is -1.00. The number of rotatable bonds is 2. The van der Waals surface area contributed by atoms with Gasteiger partial charge in [-0.25, -0.2) is 0 Å². The molecule has 0 saturated heterocycles. The van der Waals surface area contributed by atoms with Crippen molar-refractivity contribution in [2.45, 2.75) is 12.6 Å². The van der Waals surface area contributed by atoms with Gasteiger partial charge in [0.15, 0.2) is 0 Å². The fourth-order valence-electron chi connectivity index (χ4n) is 1.10. The molecule has 0 N–H and O–H groups in total. The number of benzene rings is 1. The number of carbonyl (C=O) groups is 1. The minimum atomic E-state index is -4.49. The molecular formula is C10H9ClF3NO. The summed E-state index contributed by atoms with van der Waals surface area (Å²) in [7, 11) is 1.29. The van der Waals surface area contributed by atoms with Crippen molar-refractivity contribution in [3.05, 3.63) is 29.3 Å². The van der Waals surface area contributed by atoms with E-state index in [4.69, 9.17) is 11.6 Å². The van der Waals surface area contributed by atoms with Gasteiger partial charge in [-0.1, -0.05) is 11.6 Å². The summed E-state index contributed by atoms with van der Waals surface area (Å²) in [6, 6.07) is 5.98. The van der Waals surface area contributed by atoms with Crippen LogP contribution in [0.15, 0.2) is 24.3 Å². The van der Waals surface area contributed by atoms with E-state index < -0.39 is 18.5 Å². The van der Waals surface area contributed by atoms with Crippen LogP contribution in [0.1, 0.15) is 6.42 Å². The highest BCUT2D eigenvalue weighted by Crippen LogP contribution is 2.23. The number of hydrogen-bond acceptors (Lipinski definition) is 1. The quantitative estimate of drug-likeness (QED) is 0.790. The number of nitrogens with zero attached hydrogens (tertiary/aromatic N) is 1. The van der Waals surface area contributed by atoms with Gasteiger partial charge in [-0.3, -0.25) is 4.79 Å². The minimum absolute atomic E-state index is 0.374. The molecule has 1 rings (SSSR count). The molecule has 0 fully saturated rings. The zero-order chi connectivity index (χ0) is 12.3. The fraction of sp³-hybridized carbons (Fsp3) is 0.300. The zero-order valence-electron chi connectivity index (χ0n) is 8.38. The Morgan fingerprint density at radius 1 is 1.31 bits per heavy atom. The zero-order valence-corrected chi connectivity index (χ0v) is 9.14. The third-order valence-electron chi connectivity index (χ3n) is 1.94. The molecular weight excluding hydrogens is 243 g/mol. The minimum Gasteiger partial charge on any atom is -0.315 e. The van der Waals surface area contributed by atoms with Gasteiger partial charge in [0.1, 0.15) is 6.42 Å². The monoisotopic (exact) mass is 251 g/mol. The molecule has 2 nitrogen and oxygen atoms in total. The third-order valence-corrected chi connectivity index (χ3v) is 2.19. The number of amides is 1. The van der Waals surface area contributed by atoms with Gasteiger partial charge in [-0.2, -0.15) is 13.2 Å². The number of alkyl halides is 3. The molecule has 1 aromatic rings. The van der Waals surface area contributed by atoms with E-state index >= 15 is 0 Å². The summed E-state index contributed by atoms with van der Waals surface area (Å²) < 4.78 is 35.9. The topological polar surface area (TPSA) is 20.3 Å². The van der Waals surface area contributed by atoms with Crippen LogP contribution in [-0.2, 0) is 4.79 Å². The van der Waals surface area contributed by atoms with Crippen molar-refractivity contribution in [1.29, 1.82) is 0 Å². The second kappa shape index (κ2) is 4.74. The molecule has 0 unspecified atom stereocenters. The van der Waals surface area contributed by atoms with Crippen LogP contribution in [0, 0.1) is 0 Å². The summed E-state index contributed by atoms with van der Waals surface area (Å²) in [6.07, 6.45) is -5.95. The molecule has 1 amide bonds. The van der Waals surface area contributed by atoms with E-state index in [1.165, 1.54) is 31.3 Å². The summed E-state index contributed by atoms with van der Waals surface area (Å²) in [5, 5.41) is 0.459. The van der Waals surface area contributed by atoms with E-state index in [1.807, 2.05) is 0 Å². The second-order valence-corrected chi connectivity index (χ2v) is 3.66. The molecule has 0 atom stereocenters. The molecule has 0 aliphatic heterocycles. The summed E-state index contributed by atoms with van der Waals surface area (Å²) in [6.45, 7) is 0. The standard InChI is InChI=1S/C10H9ClF3NO/c1-15(9(16)6-10(12,13)14)8-4-2-7(11)3-5-8/h2-5H,6H2,1H3. The van der Waals surface area contributed by atoms with E-state index in [9.17, 15) is 18.0 Å². The first kappa shape index (κ1) is 12.8. The van der Waals surface area contributed by atoms with Gasteiger partial charge < -0.3 is 4.90 Å². The first-order valence-corrected chi connectivity index (χ1v) is 4.76. The molecule has 0 aliphatic carbocycles. The molecule has 16 heavy (non-hydrogen) atoms. The lowest BCUT2D eigenvalue weighted by molar-refractivity contribution is -0.151. The van der Waals surface area contributed by atoms with Crippen LogP contribution in [0.25, 0.3) is 0 Å². The van der Waals surface area contributed by atoms with Crippen molar-refractivity contribution in [2.24, 2.45) is 0 Å². The van der Waals surface area contributed by atoms with E-state index in [-0.39, 0.29) is 0 Å². The second-order valence-electron chi connectivity index (χ2n) is 3.22. The SMILES string of the molecule is CN(C(=O)CC(F)(F)F)c1ccc(Cl)cc1. The average molecular weight is 252 g/mol. The van der Waals surface area contributed by atoms with E-state index in [0.717, 1.165) is 4.90 Å². The van der Waals surface area contributed by atoms with Crippen LogP contribution in [-0.4, -0.2) is 19.1 Å². The molecule has 0 aliphatic rings. The van der Waals surface area contributed by atoms with Gasteiger partial charge in [-0.15, -0.1) is 0 Å². The maximum Gasteiger partial charge on any atom is 0.397 e. The predicted octanol–water partition coefficient (Wildman–Crippen LogP) is 3.26. The third kappa shape index (κ3) is 3.73. The van der Waals surface area contributed by atoms with E-state index in [0.29, 0.717) is 10.7 Å². The summed E-state index contributed by atoms with van der Waals surface area (Å²) in [4.78, 5) is 12.2. The van der Waals surface area contributed by atoms with Crippen LogP contribution in [0.2, 0.25) is 5.02 Å².